The van der Waals surface area contributed by atoms with Crippen molar-refractivity contribution in [2.75, 3.05) is 13.2 Å². The summed E-state index contributed by atoms with van der Waals surface area (Å²) in [6, 6.07) is 1.08. The average molecular weight is 326 g/mol. The van der Waals surface area contributed by atoms with Gasteiger partial charge in [-0.2, -0.15) is 0 Å². The Bertz CT molecular complexity index is 491. The van der Waals surface area contributed by atoms with Gasteiger partial charge in [-0.15, -0.1) is 0 Å². The van der Waals surface area contributed by atoms with Crippen LogP contribution >= 0.6 is 15.9 Å². The van der Waals surface area contributed by atoms with Crippen molar-refractivity contribution in [2.45, 2.75) is 24.0 Å². The van der Waals surface area contributed by atoms with Gasteiger partial charge in [-0.05, 0) is 22.4 Å². The number of ether oxygens (including phenoxy) is 1. The van der Waals surface area contributed by atoms with Gasteiger partial charge >= 0.3 is 0 Å². The Labute approximate surface area is 107 Å². The van der Waals surface area contributed by atoms with Crippen molar-refractivity contribution in [3.05, 3.63) is 16.5 Å². The summed E-state index contributed by atoms with van der Waals surface area (Å²) in [6.07, 6.45) is 0.654. The minimum atomic E-state index is -3.65. The maximum Gasteiger partial charge on any atom is 0.245 e. The molecule has 1 aliphatic heterocycles. The number of rotatable bonds is 4. The number of hydrogen-bond donors (Lipinski definition) is 2. The quantitative estimate of drug-likeness (QED) is 0.846. The van der Waals surface area contributed by atoms with Crippen LogP contribution in [0.25, 0.3) is 0 Å². The number of aliphatic hydroxyl groups is 1. The Morgan fingerprint density at radius 2 is 2.35 bits per heavy atom. The molecule has 0 bridgehead atoms. The normalized spacial score (nSPS) is 20.9. The zero-order valence-electron chi connectivity index (χ0n) is 8.85. The maximum absolute atomic E-state index is 12.0. The SMILES string of the molecule is O=S(=O)(NC1CCOC1)c1cc(CO)oc1Br. The molecule has 1 aliphatic rings. The number of sulfonamides is 1. The molecule has 1 fully saturated rings. The molecule has 0 radical (unpaired) electrons. The van der Waals surface area contributed by atoms with E-state index in [9.17, 15) is 8.42 Å². The van der Waals surface area contributed by atoms with Gasteiger partial charge in [-0.1, -0.05) is 0 Å². The maximum atomic E-state index is 12.0. The van der Waals surface area contributed by atoms with Crippen LogP contribution in [0.15, 0.2) is 20.0 Å². The van der Waals surface area contributed by atoms with Gasteiger partial charge in [0.15, 0.2) is 4.67 Å². The predicted octanol–water partition coefficient (Wildman–Crippen LogP) is 0.602. The van der Waals surface area contributed by atoms with E-state index in [0.717, 1.165) is 0 Å². The van der Waals surface area contributed by atoms with E-state index in [2.05, 4.69) is 20.7 Å². The van der Waals surface area contributed by atoms with Gasteiger partial charge in [0.1, 0.15) is 17.3 Å². The zero-order chi connectivity index (χ0) is 12.5. The lowest BCUT2D eigenvalue weighted by Crippen LogP contribution is -2.34. The molecule has 0 spiro atoms. The van der Waals surface area contributed by atoms with Gasteiger partial charge in [-0.3, -0.25) is 0 Å². The molecule has 1 saturated heterocycles. The number of halogens is 1. The first-order valence-electron chi connectivity index (χ1n) is 5.02. The molecule has 8 heteroatoms. The van der Waals surface area contributed by atoms with Crippen molar-refractivity contribution in [3.63, 3.8) is 0 Å². The van der Waals surface area contributed by atoms with Crippen molar-refractivity contribution in [2.24, 2.45) is 0 Å². The topological polar surface area (TPSA) is 88.8 Å². The molecule has 0 saturated carbocycles. The lowest BCUT2D eigenvalue weighted by Gasteiger charge is -2.09. The number of hydrogen-bond acceptors (Lipinski definition) is 5. The lowest BCUT2D eigenvalue weighted by molar-refractivity contribution is 0.192. The van der Waals surface area contributed by atoms with E-state index in [0.29, 0.717) is 19.6 Å². The van der Waals surface area contributed by atoms with E-state index in [1.54, 1.807) is 0 Å². The molecule has 0 amide bonds. The lowest BCUT2D eigenvalue weighted by atomic mass is 10.3. The molecule has 1 atom stereocenters. The Morgan fingerprint density at radius 1 is 1.59 bits per heavy atom. The fraction of sp³-hybridized carbons (Fsp3) is 0.556. The molecule has 0 aliphatic carbocycles. The molecule has 0 aromatic carbocycles. The summed E-state index contributed by atoms with van der Waals surface area (Å²) in [4.78, 5) is -0.00606. The fourth-order valence-corrected chi connectivity index (χ4v) is 3.82. The first-order chi connectivity index (χ1) is 8.03. The van der Waals surface area contributed by atoms with Crippen LogP contribution in [0.1, 0.15) is 12.2 Å². The van der Waals surface area contributed by atoms with Crippen LogP contribution in [0.3, 0.4) is 0 Å². The summed E-state index contributed by atoms with van der Waals surface area (Å²) in [5.41, 5.74) is 0. The van der Waals surface area contributed by atoms with Crippen molar-refractivity contribution in [1.29, 1.82) is 0 Å². The summed E-state index contributed by atoms with van der Waals surface area (Å²) < 4.78 is 36.7. The molecule has 2 rings (SSSR count). The third-order valence-electron chi connectivity index (χ3n) is 2.40. The van der Waals surface area contributed by atoms with Gasteiger partial charge in [0, 0.05) is 18.7 Å². The van der Waals surface area contributed by atoms with E-state index in [1.165, 1.54) is 6.07 Å². The summed E-state index contributed by atoms with van der Waals surface area (Å²) in [5.74, 6) is 0.194. The first-order valence-corrected chi connectivity index (χ1v) is 7.29. The third kappa shape index (κ3) is 2.89. The second kappa shape index (κ2) is 5.07. The Kier molecular flexibility index (Phi) is 3.88. The number of nitrogens with one attached hydrogen (secondary N) is 1. The number of aliphatic hydroxyl groups excluding tert-OH is 1. The molecular weight excluding hydrogens is 314 g/mol. The molecule has 17 heavy (non-hydrogen) atoms. The van der Waals surface area contributed by atoms with E-state index >= 15 is 0 Å². The van der Waals surface area contributed by atoms with Crippen molar-refractivity contribution in [3.8, 4) is 0 Å². The largest absolute Gasteiger partial charge is 0.450 e. The predicted molar refractivity (Wildman–Crippen MR) is 61.9 cm³/mol. The number of furan rings is 1. The molecule has 2 N–H and O–H groups in total. The minimum absolute atomic E-state index is 0.00606. The second-order valence-corrected chi connectivity index (χ2v) is 6.09. The molecule has 96 valence electrons. The van der Waals surface area contributed by atoms with E-state index in [1.807, 2.05) is 0 Å². The molecule has 6 nitrogen and oxygen atoms in total. The van der Waals surface area contributed by atoms with Crippen molar-refractivity contribution >= 4 is 26.0 Å². The smallest absolute Gasteiger partial charge is 0.245 e. The van der Waals surface area contributed by atoms with Crippen LogP contribution in [-0.4, -0.2) is 32.8 Å². The highest BCUT2D eigenvalue weighted by atomic mass is 79.9. The highest BCUT2D eigenvalue weighted by molar-refractivity contribution is 9.10. The Hall–Kier alpha value is -0.410. The fourth-order valence-electron chi connectivity index (χ4n) is 1.57. The van der Waals surface area contributed by atoms with Gasteiger partial charge in [-0.25, -0.2) is 13.1 Å². The average Bonchev–Trinajstić information content (AvgIpc) is 2.86. The monoisotopic (exact) mass is 325 g/mol. The molecule has 1 aromatic rings. The summed E-state index contributed by atoms with van der Waals surface area (Å²) in [7, 11) is -3.65. The Balaban J connectivity index is 2.21. The highest BCUT2D eigenvalue weighted by Gasteiger charge is 2.27. The van der Waals surface area contributed by atoms with Crippen LogP contribution in [-0.2, 0) is 21.4 Å². The van der Waals surface area contributed by atoms with Gasteiger partial charge in [0.05, 0.1) is 6.61 Å². The second-order valence-electron chi connectivity index (χ2n) is 3.69. The van der Waals surface area contributed by atoms with Crippen LogP contribution in [0.4, 0.5) is 0 Å². The van der Waals surface area contributed by atoms with Crippen molar-refractivity contribution < 1.29 is 22.7 Å². The molecule has 2 heterocycles. The summed E-state index contributed by atoms with van der Waals surface area (Å²) >= 11 is 3.01. The van der Waals surface area contributed by atoms with Crippen LogP contribution in [0.2, 0.25) is 0 Å². The summed E-state index contributed by atoms with van der Waals surface area (Å²) in [5, 5.41) is 8.88. The Morgan fingerprint density at radius 3 is 2.88 bits per heavy atom. The first kappa shape index (κ1) is 13.0. The van der Waals surface area contributed by atoms with Crippen LogP contribution in [0.5, 0.6) is 0 Å². The van der Waals surface area contributed by atoms with E-state index < -0.39 is 10.0 Å². The van der Waals surface area contributed by atoms with Gasteiger partial charge in [0.2, 0.25) is 10.0 Å². The van der Waals surface area contributed by atoms with E-state index in [4.69, 9.17) is 14.3 Å². The minimum Gasteiger partial charge on any atom is -0.450 e. The van der Waals surface area contributed by atoms with Crippen molar-refractivity contribution in [1.82, 2.24) is 4.72 Å². The summed E-state index contributed by atoms with van der Waals surface area (Å²) in [6.45, 7) is 0.587. The van der Waals surface area contributed by atoms with Crippen LogP contribution < -0.4 is 4.72 Å². The van der Waals surface area contributed by atoms with E-state index in [-0.39, 0.29) is 28.0 Å². The zero-order valence-corrected chi connectivity index (χ0v) is 11.3. The third-order valence-corrected chi connectivity index (χ3v) is 4.78. The van der Waals surface area contributed by atoms with Crippen LogP contribution in [0, 0.1) is 0 Å². The molecule has 1 aromatic heterocycles. The highest BCUT2D eigenvalue weighted by Crippen LogP contribution is 2.26. The molecular formula is C9H12BrNO5S. The molecule has 1 unspecified atom stereocenters. The van der Waals surface area contributed by atoms with Gasteiger partial charge < -0.3 is 14.3 Å². The standard InChI is InChI=1S/C9H12BrNO5S/c10-9-8(3-7(4-12)16-9)17(13,14)11-6-1-2-15-5-6/h3,6,11-12H,1-2,4-5H2. The van der Waals surface area contributed by atoms with Gasteiger partial charge in [0.25, 0.3) is 0 Å².